The Bertz CT molecular complexity index is 691. The summed E-state index contributed by atoms with van der Waals surface area (Å²) < 4.78 is 95.5. The minimum atomic E-state index is -5.03. The van der Waals surface area contributed by atoms with Crippen molar-refractivity contribution in [1.82, 2.24) is 4.90 Å². The Morgan fingerprint density at radius 3 is 1.90 bits per heavy atom. The van der Waals surface area contributed by atoms with Crippen molar-refractivity contribution >= 4 is 13.7 Å². The van der Waals surface area contributed by atoms with E-state index in [1.165, 1.54) is 34.6 Å². The summed E-state index contributed by atoms with van der Waals surface area (Å²) in [4.78, 5) is 13.2. The molecule has 0 fully saturated rings. The molecule has 0 bridgehead atoms. The lowest BCUT2D eigenvalue weighted by Crippen LogP contribution is -2.38. The first-order valence-corrected chi connectivity index (χ1v) is 11.2. The second kappa shape index (κ2) is 11.4. The van der Waals surface area contributed by atoms with E-state index < -0.39 is 61.8 Å². The zero-order valence-corrected chi connectivity index (χ0v) is 19.5. The maximum Gasteiger partial charge on any atom is 0.414 e. The molecule has 0 saturated carbocycles. The van der Waals surface area contributed by atoms with Crippen LogP contribution in [0.3, 0.4) is 0 Å². The smallest absolute Gasteiger partial charge is 0.414 e. The Morgan fingerprint density at radius 1 is 1.06 bits per heavy atom. The Balaban J connectivity index is 6.35. The van der Waals surface area contributed by atoms with E-state index in [4.69, 9.17) is 13.8 Å². The van der Waals surface area contributed by atoms with E-state index in [0.29, 0.717) is 11.0 Å². The van der Waals surface area contributed by atoms with Gasteiger partial charge in [-0.1, -0.05) is 12.7 Å². The average molecular weight is 479 g/mol. The van der Waals surface area contributed by atoms with Gasteiger partial charge in [0, 0.05) is 18.7 Å². The Kier molecular flexibility index (Phi) is 10.9. The van der Waals surface area contributed by atoms with Gasteiger partial charge in [-0.15, -0.1) is 0 Å². The Morgan fingerprint density at radius 2 is 1.55 bits per heavy atom. The van der Waals surface area contributed by atoms with Crippen molar-refractivity contribution in [3.05, 3.63) is 23.9 Å². The third-order valence-electron chi connectivity index (χ3n) is 3.72. The van der Waals surface area contributed by atoms with Crippen LogP contribution in [0.15, 0.2) is 23.9 Å². The Labute approximate surface area is 179 Å². The summed E-state index contributed by atoms with van der Waals surface area (Å²) in [7, 11) is -5.03. The maximum absolute atomic E-state index is 15.2. The van der Waals surface area contributed by atoms with Crippen LogP contribution in [0.5, 0.6) is 0 Å². The Hall–Kier alpha value is -1.45. The number of halogens is 5. The third kappa shape index (κ3) is 8.90. The molecular formula is C19H31F5NO5P. The van der Waals surface area contributed by atoms with Crippen LogP contribution in [-0.2, 0) is 18.3 Å². The number of nitrogens with zero attached hydrogens (tertiary/aromatic N) is 1. The monoisotopic (exact) mass is 479 g/mol. The third-order valence-corrected chi connectivity index (χ3v) is 5.85. The van der Waals surface area contributed by atoms with Crippen molar-refractivity contribution in [2.24, 2.45) is 0 Å². The zero-order chi connectivity index (χ0) is 24.7. The maximum atomic E-state index is 15.2. The lowest BCUT2D eigenvalue weighted by atomic mass is 10.1. The molecule has 0 aliphatic carbocycles. The molecule has 0 N–H and O–H groups in total. The second-order valence-electron chi connectivity index (χ2n) is 7.43. The molecule has 0 aromatic carbocycles. The van der Waals surface area contributed by atoms with E-state index >= 15 is 8.78 Å². The van der Waals surface area contributed by atoms with E-state index in [-0.39, 0.29) is 13.2 Å². The van der Waals surface area contributed by atoms with Gasteiger partial charge in [-0.2, -0.15) is 22.0 Å². The van der Waals surface area contributed by atoms with Gasteiger partial charge in [-0.05, 0) is 48.0 Å². The summed E-state index contributed by atoms with van der Waals surface area (Å²) in [5.74, 6) is 0. The van der Waals surface area contributed by atoms with Crippen LogP contribution in [0.2, 0.25) is 0 Å². The average Bonchev–Trinajstić information content (AvgIpc) is 2.56. The zero-order valence-electron chi connectivity index (χ0n) is 18.6. The lowest BCUT2D eigenvalue weighted by Gasteiger charge is -2.32. The number of rotatable bonds is 11. The summed E-state index contributed by atoms with van der Waals surface area (Å²) >= 11 is 0. The molecule has 0 radical (unpaired) electrons. The van der Waals surface area contributed by atoms with Crippen LogP contribution in [0.1, 0.15) is 54.4 Å². The van der Waals surface area contributed by atoms with Gasteiger partial charge in [0.15, 0.2) is 0 Å². The van der Waals surface area contributed by atoms with Gasteiger partial charge < -0.3 is 13.8 Å². The molecule has 12 heteroatoms. The van der Waals surface area contributed by atoms with Gasteiger partial charge in [0.25, 0.3) is 0 Å². The van der Waals surface area contributed by atoms with Gasteiger partial charge >= 0.3 is 25.5 Å². The molecule has 1 amide bonds. The summed E-state index contributed by atoms with van der Waals surface area (Å²) in [5.41, 5.74) is -6.72. The normalized spacial score (nSPS) is 14.2. The number of ether oxygens (including phenoxy) is 1. The van der Waals surface area contributed by atoms with Crippen molar-refractivity contribution in [2.75, 3.05) is 19.8 Å². The molecule has 0 atom stereocenters. The van der Waals surface area contributed by atoms with Gasteiger partial charge in [0.1, 0.15) is 5.60 Å². The molecule has 0 unspecified atom stereocenters. The fourth-order valence-electron chi connectivity index (χ4n) is 2.47. The summed E-state index contributed by atoms with van der Waals surface area (Å²) in [5, 5.41) is 0. The topological polar surface area (TPSA) is 65.1 Å². The summed E-state index contributed by atoms with van der Waals surface area (Å²) in [6.07, 6.45) is -6.77. The molecule has 0 rings (SSSR count). The molecule has 0 heterocycles. The molecule has 0 spiro atoms. The van der Waals surface area contributed by atoms with Gasteiger partial charge in [0.05, 0.1) is 18.8 Å². The van der Waals surface area contributed by atoms with Crippen molar-refractivity contribution in [3.8, 4) is 0 Å². The van der Waals surface area contributed by atoms with E-state index in [1.54, 1.807) is 0 Å². The number of amides is 1. The molecule has 31 heavy (non-hydrogen) atoms. The lowest BCUT2D eigenvalue weighted by molar-refractivity contribution is -0.136. The standard InChI is InChI=1S/C19H31F5NO5P/c1-8-15(19(23,24)31(27,28-9-2)29-10-3)14(4)25(13-11-12-18(20,21)22)16(26)30-17(5,6)7/h8H,1,9-13H2,2-7H3/b15-14+. The number of alkyl halides is 5. The molecule has 0 aromatic heterocycles. The highest BCUT2D eigenvalue weighted by Gasteiger charge is 2.56. The largest absolute Gasteiger partial charge is 0.443 e. The molecule has 0 saturated heterocycles. The fraction of sp³-hybridized carbons (Fsp3) is 0.737. The first kappa shape index (κ1) is 29.5. The minimum absolute atomic E-state index is 0.350. The van der Waals surface area contributed by atoms with Crippen LogP contribution < -0.4 is 0 Å². The summed E-state index contributed by atoms with van der Waals surface area (Å²) in [6.45, 7) is 10.3. The highest BCUT2D eigenvalue weighted by Crippen LogP contribution is 2.65. The van der Waals surface area contributed by atoms with Crippen molar-refractivity contribution in [3.63, 3.8) is 0 Å². The number of hydrogen-bond acceptors (Lipinski definition) is 5. The van der Waals surface area contributed by atoms with Crippen molar-refractivity contribution < 1.29 is 45.1 Å². The number of carbonyl (C=O) groups is 1. The predicted octanol–water partition coefficient (Wildman–Crippen LogP) is 6.88. The van der Waals surface area contributed by atoms with Crippen LogP contribution in [0.25, 0.3) is 0 Å². The van der Waals surface area contributed by atoms with E-state index in [0.717, 1.165) is 6.92 Å². The van der Waals surface area contributed by atoms with Crippen LogP contribution >= 0.6 is 7.60 Å². The summed E-state index contributed by atoms with van der Waals surface area (Å²) in [6, 6.07) is 0. The highest BCUT2D eigenvalue weighted by molar-refractivity contribution is 7.55. The van der Waals surface area contributed by atoms with E-state index in [2.05, 4.69) is 6.58 Å². The minimum Gasteiger partial charge on any atom is -0.443 e. The van der Waals surface area contributed by atoms with Crippen LogP contribution in [0, 0.1) is 0 Å². The second-order valence-corrected chi connectivity index (χ2v) is 9.50. The molecule has 182 valence electrons. The molecule has 0 aliphatic heterocycles. The van der Waals surface area contributed by atoms with E-state index in [9.17, 15) is 22.5 Å². The quantitative estimate of drug-likeness (QED) is 0.184. The number of allylic oxidation sites excluding steroid dienone is 3. The first-order valence-electron chi connectivity index (χ1n) is 9.63. The highest BCUT2D eigenvalue weighted by atomic mass is 31.2. The van der Waals surface area contributed by atoms with Gasteiger partial charge in [-0.3, -0.25) is 9.46 Å². The van der Waals surface area contributed by atoms with Crippen LogP contribution in [-0.4, -0.2) is 48.2 Å². The van der Waals surface area contributed by atoms with Crippen molar-refractivity contribution in [2.45, 2.75) is 71.8 Å². The fourth-order valence-corrected chi connectivity index (χ4v) is 4.10. The van der Waals surface area contributed by atoms with Crippen LogP contribution in [0.4, 0.5) is 26.7 Å². The van der Waals surface area contributed by atoms with Gasteiger partial charge in [0.2, 0.25) is 0 Å². The SMILES string of the molecule is C=C/C(=C(/C)N(CCCC(F)(F)F)C(=O)OC(C)(C)C)C(F)(F)P(=O)(OCC)OCC. The van der Waals surface area contributed by atoms with Crippen molar-refractivity contribution in [1.29, 1.82) is 0 Å². The number of hydrogen-bond donors (Lipinski definition) is 0. The molecule has 6 nitrogen and oxygen atoms in total. The molecule has 0 aromatic rings. The van der Waals surface area contributed by atoms with E-state index in [1.807, 2.05) is 0 Å². The predicted molar refractivity (Wildman–Crippen MR) is 107 cm³/mol. The van der Waals surface area contributed by atoms with Gasteiger partial charge in [-0.25, -0.2) is 4.79 Å². The first-order chi connectivity index (χ1) is 14.0. The molecular weight excluding hydrogens is 448 g/mol. The number of carbonyl (C=O) groups excluding carboxylic acids is 1. The molecule has 0 aliphatic rings.